The minimum atomic E-state index is 0.685. The summed E-state index contributed by atoms with van der Waals surface area (Å²) in [6.07, 6.45) is 4.42. The van der Waals surface area contributed by atoms with Crippen molar-refractivity contribution in [1.29, 1.82) is 0 Å². The van der Waals surface area contributed by atoms with E-state index in [9.17, 15) is 0 Å². The Kier molecular flexibility index (Phi) is 4.41. The van der Waals surface area contributed by atoms with Gasteiger partial charge in [0.1, 0.15) is 0 Å². The summed E-state index contributed by atoms with van der Waals surface area (Å²) < 4.78 is 0. The van der Waals surface area contributed by atoms with Gasteiger partial charge in [-0.25, -0.2) is 0 Å². The first-order valence-electron chi connectivity index (χ1n) is 3.44. The quantitative estimate of drug-likeness (QED) is 0.522. The lowest BCUT2D eigenvalue weighted by molar-refractivity contribution is 0.455. The zero-order valence-electron chi connectivity index (χ0n) is 6.89. The zero-order valence-corrected chi connectivity index (χ0v) is 6.89. The molecule has 0 spiro atoms. The lowest BCUT2D eigenvalue weighted by Crippen LogP contribution is -2.10. The zero-order chi connectivity index (χ0) is 7.28. The highest BCUT2D eigenvalue weighted by Gasteiger charge is 1.84. The van der Waals surface area contributed by atoms with Gasteiger partial charge in [-0.05, 0) is 20.0 Å². The minimum Gasteiger partial charge on any atom is -0.306 e. The van der Waals surface area contributed by atoms with Crippen LogP contribution in [0.3, 0.4) is 0 Å². The van der Waals surface area contributed by atoms with E-state index < -0.39 is 0 Å². The number of hydrogen-bond donors (Lipinski definition) is 0. The number of rotatable bonds is 3. The van der Waals surface area contributed by atoms with Gasteiger partial charge in [-0.1, -0.05) is 26.0 Å². The van der Waals surface area contributed by atoms with Gasteiger partial charge in [0.25, 0.3) is 0 Å². The molecule has 0 aromatic heterocycles. The van der Waals surface area contributed by atoms with E-state index in [4.69, 9.17) is 0 Å². The maximum Gasteiger partial charge on any atom is 0.0157 e. The Bertz CT molecular complexity index is 82.6. The molecule has 0 atom stereocenters. The Morgan fingerprint density at radius 3 is 2.22 bits per heavy atom. The smallest absolute Gasteiger partial charge is 0.0157 e. The van der Waals surface area contributed by atoms with Crippen molar-refractivity contribution in [3.63, 3.8) is 0 Å². The monoisotopic (exact) mass is 127 g/mol. The standard InChI is InChI=1S/C8H17N/c1-8(2)6-5-7-9(3)4/h5-6,8H,7H2,1-4H3/b6-5-. The fraction of sp³-hybridized carbons (Fsp3) is 0.750. The summed E-state index contributed by atoms with van der Waals surface area (Å²) in [7, 11) is 4.15. The minimum absolute atomic E-state index is 0.685. The van der Waals surface area contributed by atoms with E-state index >= 15 is 0 Å². The fourth-order valence-corrected chi connectivity index (χ4v) is 0.544. The van der Waals surface area contributed by atoms with E-state index in [0.29, 0.717) is 5.92 Å². The lowest BCUT2D eigenvalue weighted by atomic mass is 10.2. The maximum absolute atomic E-state index is 2.22. The molecule has 0 unspecified atom stereocenters. The average molecular weight is 127 g/mol. The normalized spacial score (nSPS) is 12.2. The number of nitrogens with zero attached hydrogens (tertiary/aromatic N) is 1. The summed E-state index contributed by atoms with van der Waals surface area (Å²) in [6, 6.07) is 0. The van der Waals surface area contributed by atoms with E-state index in [1.54, 1.807) is 0 Å². The third kappa shape index (κ3) is 7.70. The van der Waals surface area contributed by atoms with Gasteiger partial charge in [0.15, 0.2) is 0 Å². The van der Waals surface area contributed by atoms with E-state index in [1.807, 2.05) is 0 Å². The van der Waals surface area contributed by atoms with Gasteiger partial charge < -0.3 is 4.90 Å². The van der Waals surface area contributed by atoms with Gasteiger partial charge in [-0.3, -0.25) is 0 Å². The Morgan fingerprint density at radius 2 is 1.89 bits per heavy atom. The molecule has 0 heterocycles. The van der Waals surface area contributed by atoms with Crippen LogP contribution >= 0.6 is 0 Å². The maximum atomic E-state index is 2.22. The first-order valence-corrected chi connectivity index (χ1v) is 3.44. The molecule has 0 fully saturated rings. The van der Waals surface area contributed by atoms with Gasteiger partial charge in [0, 0.05) is 6.54 Å². The Labute approximate surface area is 58.4 Å². The summed E-state index contributed by atoms with van der Waals surface area (Å²) in [5.74, 6) is 0.685. The third-order valence-electron chi connectivity index (χ3n) is 0.992. The SMILES string of the molecule is CC(C)/C=C\CN(C)C. The molecule has 0 aliphatic heterocycles. The molecule has 1 heteroatoms. The molecular formula is C8H17N. The summed E-state index contributed by atoms with van der Waals surface area (Å²) >= 11 is 0. The molecule has 0 aromatic carbocycles. The van der Waals surface area contributed by atoms with E-state index in [-0.39, 0.29) is 0 Å². The summed E-state index contributed by atoms with van der Waals surface area (Å²) in [5, 5.41) is 0. The van der Waals surface area contributed by atoms with Crippen LogP contribution in [0.5, 0.6) is 0 Å². The van der Waals surface area contributed by atoms with Crippen LogP contribution in [0.1, 0.15) is 13.8 Å². The molecule has 0 rings (SSSR count). The predicted octanol–water partition coefficient (Wildman–Crippen LogP) is 1.76. The fourth-order valence-electron chi connectivity index (χ4n) is 0.544. The van der Waals surface area contributed by atoms with Crippen LogP contribution in [0.25, 0.3) is 0 Å². The van der Waals surface area contributed by atoms with Crippen LogP contribution in [-0.2, 0) is 0 Å². The van der Waals surface area contributed by atoms with Crippen molar-refractivity contribution >= 4 is 0 Å². The van der Waals surface area contributed by atoms with Crippen LogP contribution in [0.4, 0.5) is 0 Å². The highest BCUT2D eigenvalue weighted by atomic mass is 15.0. The third-order valence-corrected chi connectivity index (χ3v) is 0.992. The molecule has 1 nitrogen and oxygen atoms in total. The highest BCUT2D eigenvalue weighted by Crippen LogP contribution is 1.92. The van der Waals surface area contributed by atoms with Crippen molar-refractivity contribution in [2.24, 2.45) is 5.92 Å². The second-order valence-electron chi connectivity index (χ2n) is 2.93. The second kappa shape index (κ2) is 4.57. The molecule has 0 radical (unpaired) electrons. The van der Waals surface area contributed by atoms with Gasteiger partial charge in [-0.2, -0.15) is 0 Å². The first kappa shape index (κ1) is 8.70. The lowest BCUT2D eigenvalue weighted by Gasteiger charge is -2.03. The molecule has 0 aromatic rings. The predicted molar refractivity (Wildman–Crippen MR) is 42.5 cm³/mol. The van der Waals surface area contributed by atoms with Gasteiger partial charge in [0.2, 0.25) is 0 Å². The molecule has 9 heavy (non-hydrogen) atoms. The molecule has 0 N–H and O–H groups in total. The van der Waals surface area contributed by atoms with Gasteiger partial charge >= 0.3 is 0 Å². The van der Waals surface area contributed by atoms with Crippen molar-refractivity contribution in [2.75, 3.05) is 20.6 Å². The highest BCUT2D eigenvalue weighted by molar-refractivity contribution is 4.85. The van der Waals surface area contributed by atoms with Gasteiger partial charge in [-0.15, -0.1) is 0 Å². The number of likely N-dealkylation sites (N-methyl/N-ethyl adjacent to an activating group) is 1. The van der Waals surface area contributed by atoms with E-state index in [1.165, 1.54) is 0 Å². The average Bonchev–Trinajstić information content (AvgIpc) is 1.63. The van der Waals surface area contributed by atoms with Crippen LogP contribution in [0, 0.1) is 5.92 Å². The number of allylic oxidation sites excluding steroid dienone is 1. The Morgan fingerprint density at radius 1 is 1.33 bits per heavy atom. The van der Waals surface area contributed by atoms with Crippen LogP contribution < -0.4 is 0 Å². The summed E-state index contributed by atoms with van der Waals surface area (Å²) in [6.45, 7) is 5.43. The molecule has 0 saturated carbocycles. The topological polar surface area (TPSA) is 3.24 Å². The van der Waals surface area contributed by atoms with Crippen molar-refractivity contribution in [3.05, 3.63) is 12.2 Å². The van der Waals surface area contributed by atoms with Crippen LogP contribution in [0.2, 0.25) is 0 Å². The Balaban J connectivity index is 3.25. The van der Waals surface area contributed by atoms with Crippen LogP contribution in [-0.4, -0.2) is 25.5 Å². The van der Waals surface area contributed by atoms with Crippen molar-refractivity contribution in [3.8, 4) is 0 Å². The largest absolute Gasteiger partial charge is 0.306 e. The molecule has 0 bridgehead atoms. The van der Waals surface area contributed by atoms with E-state index in [2.05, 4.69) is 45.0 Å². The molecule has 54 valence electrons. The van der Waals surface area contributed by atoms with Crippen molar-refractivity contribution < 1.29 is 0 Å². The Hall–Kier alpha value is -0.300. The summed E-state index contributed by atoms with van der Waals surface area (Å²) in [5.41, 5.74) is 0. The van der Waals surface area contributed by atoms with Crippen LogP contribution in [0.15, 0.2) is 12.2 Å². The first-order chi connectivity index (χ1) is 4.13. The molecule has 0 aliphatic carbocycles. The van der Waals surface area contributed by atoms with Crippen molar-refractivity contribution in [1.82, 2.24) is 4.90 Å². The molecule has 0 aliphatic rings. The molecule has 0 amide bonds. The van der Waals surface area contributed by atoms with Gasteiger partial charge in [0.05, 0.1) is 0 Å². The summed E-state index contributed by atoms with van der Waals surface area (Å²) in [4.78, 5) is 2.15. The number of hydrogen-bond acceptors (Lipinski definition) is 1. The second-order valence-corrected chi connectivity index (χ2v) is 2.93. The van der Waals surface area contributed by atoms with Crippen molar-refractivity contribution in [2.45, 2.75) is 13.8 Å². The molecule has 0 saturated heterocycles. The van der Waals surface area contributed by atoms with E-state index in [0.717, 1.165) is 6.54 Å². The molecular weight excluding hydrogens is 110 g/mol.